The van der Waals surface area contributed by atoms with Gasteiger partial charge in [-0.15, -0.1) is 20.4 Å². The van der Waals surface area contributed by atoms with E-state index in [0.717, 1.165) is 42.0 Å². The van der Waals surface area contributed by atoms with E-state index in [2.05, 4.69) is 62.6 Å². The van der Waals surface area contributed by atoms with Crippen LogP contribution in [0, 0.1) is 0 Å². The fraction of sp³-hybridized carbons (Fsp3) is 0. The summed E-state index contributed by atoms with van der Waals surface area (Å²) in [5, 5.41) is 28.0. The number of halogens is 2. The quantitative estimate of drug-likeness (QED) is 0.166. The summed E-state index contributed by atoms with van der Waals surface area (Å²) in [7, 11) is 0. The van der Waals surface area contributed by atoms with Crippen molar-refractivity contribution in [3.63, 3.8) is 0 Å². The SMILES string of the molecule is Brc1ccc(-c2nnc(-c3ccc(Oc4ccc(-c5nnc(-c6ccc(Br)cc6)c6nocc56)cc4)cc3)c3conc23)cc1. The summed E-state index contributed by atoms with van der Waals surface area (Å²) >= 11 is 6.93. The number of rotatable bonds is 6. The van der Waals surface area contributed by atoms with E-state index in [1.165, 1.54) is 0 Å². The topological polar surface area (TPSA) is 113 Å². The summed E-state index contributed by atoms with van der Waals surface area (Å²) in [6.07, 6.45) is 3.19. The third-order valence-electron chi connectivity index (χ3n) is 7.32. The lowest BCUT2D eigenvalue weighted by atomic mass is 10.1. The number of ether oxygens (including phenoxy) is 1. The van der Waals surface area contributed by atoms with Crippen LogP contribution in [0.3, 0.4) is 0 Å². The van der Waals surface area contributed by atoms with E-state index >= 15 is 0 Å². The highest BCUT2D eigenvalue weighted by molar-refractivity contribution is 9.10. The highest BCUT2D eigenvalue weighted by Crippen LogP contribution is 2.35. The summed E-state index contributed by atoms with van der Waals surface area (Å²) < 4.78 is 18.7. The van der Waals surface area contributed by atoms with Crippen LogP contribution < -0.4 is 4.74 Å². The van der Waals surface area contributed by atoms with Crippen molar-refractivity contribution in [2.75, 3.05) is 0 Å². The summed E-state index contributed by atoms with van der Waals surface area (Å²) in [5.41, 5.74) is 7.52. The fourth-order valence-corrected chi connectivity index (χ4v) is 5.61. The first-order chi connectivity index (χ1) is 22.1. The van der Waals surface area contributed by atoms with Crippen molar-refractivity contribution >= 4 is 53.7 Å². The van der Waals surface area contributed by atoms with E-state index < -0.39 is 0 Å². The molecule has 0 N–H and O–H groups in total. The molecule has 0 bridgehead atoms. The van der Waals surface area contributed by atoms with Gasteiger partial charge in [0.05, 0.1) is 10.8 Å². The molecule has 0 aliphatic rings. The van der Waals surface area contributed by atoms with E-state index in [0.29, 0.717) is 45.3 Å². The summed E-state index contributed by atoms with van der Waals surface area (Å²) in [6.45, 7) is 0. The van der Waals surface area contributed by atoms with Crippen molar-refractivity contribution in [3.05, 3.63) is 119 Å². The Hall–Kier alpha value is -5.26. The molecular weight excluding hydrogens is 700 g/mol. The molecule has 0 spiro atoms. The average Bonchev–Trinajstić information content (AvgIpc) is 3.77. The van der Waals surface area contributed by atoms with E-state index in [1.54, 1.807) is 12.5 Å². The maximum absolute atomic E-state index is 6.14. The number of hydrogen-bond acceptors (Lipinski definition) is 9. The van der Waals surface area contributed by atoms with Gasteiger partial charge in [0.1, 0.15) is 57.8 Å². The smallest absolute Gasteiger partial charge is 0.144 e. The number of hydrogen-bond donors (Lipinski definition) is 0. The van der Waals surface area contributed by atoms with Crippen molar-refractivity contribution in [3.8, 4) is 56.5 Å². The Kier molecular flexibility index (Phi) is 6.88. The maximum atomic E-state index is 6.14. The molecule has 0 atom stereocenters. The minimum absolute atomic E-state index is 0.652. The lowest BCUT2D eigenvalue weighted by Gasteiger charge is -2.09. The fourth-order valence-electron chi connectivity index (χ4n) is 5.08. The predicted octanol–water partition coefficient (Wildman–Crippen LogP) is 9.53. The van der Waals surface area contributed by atoms with Gasteiger partial charge in [-0.2, -0.15) is 0 Å². The molecule has 0 amide bonds. The van der Waals surface area contributed by atoms with Gasteiger partial charge < -0.3 is 13.8 Å². The number of aromatic nitrogens is 6. The van der Waals surface area contributed by atoms with Crippen molar-refractivity contribution in [2.24, 2.45) is 0 Å². The second-order valence-electron chi connectivity index (χ2n) is 10.1. The molecule has 8 rings (SSSR count). The van der Waals surface area contributed by atoms with E-state index in [-0.39, 0.29) is 0 Å². The van der Waals surface area contributed by atoms with Crippen LogP contribution in [0.1, 0.15) is 0 Å². The maximum Gasteiger partial charge on any atom is 0.144 e. The first kappa shape index (κ1) is 27.3. The Balaban J connectivity index is 1.02. The van der Waals surface area contributed by atoms with Gasteiger partial charge in [0.2, 0.25) is 0 Å². The average molecular weight is 718 g/mol. The van der Waals surface area contributed by atoms with Gasteiger partial charge in [0.25, 0.3) is 0 Å². The van der Waals surface area contributed by atoms with Crippen molar-refractivity contribution in [1.29, 1.82) is 0 Å². The summed E-state index contributed by atoms with van der Waals surface area (Å²) in [4.78, 5) is 0. The molecule has 8 aromatic rings. The first-order valence-electron chi connectivity index (χ1n) is 13.7. The van der Waals surface area contributed by atoms with E-state index in [1.807, 2.05) is 97.1 Å². The Bertz CT molecular complexity index is 2140. The zero-order valence-corrected chi connectivity index (χ0v) is 26.2. The normalized spacial score (nSPS) is 11.3. The van der Waals surface area contributed by atoms with Crippen LogP contribution in [0.25, 0.3) is 66.8 Å². The Morgan fingerprint density at radius 3 is 1.16 bits per heavy atom. The highest BCUT2D eigenvalue weighted by atomic mass is 79.9. The number of nitrogens with zero attached hydrogens (tertiary/aromatic N) is 6. The number of benzene rings is 4. The molecule has 0 aliphatic heterocycles. The molecule has 11 heteroatoms. The molecule has 9 nitrogen and oxygen atoms in total. The third kappa shape index (κ3) is 5.15. The standard InChI is InChI=1S/C34H18Br2N6O3/c35-23-9-1-21(2-10-23)31-33-27(17-43-41-33)29(37-39-31)19-5-13-25(14-6-19)45-26-15-7-20(8-16-26)30-28-18-44-42-34(28)32(40-38-30)22-3-11-24(36)12-4-22/h1-18H. The van der Waals surface area contributed by atoms with Gasteiger partial charge in [-0.05, 0) is 72.8 Å². The van der Waals surface area contributed by atoms with Crippen molar-refractivity contribution in [2.45, 2.75) is 0 Å². The molecule has 45 heavy (non-hydrogen) atoms. The zero-order chi connectivity index (χ0) is 30.3. The monoisotopic (exact) mass is 716 g/mol. The van der Waals surface area contributed by atoms with Gasteiger partial charge in [-0.3, -0.25) is 0 Å². The van der Waals surface area contributed by atoms with Crippen LogP contribution >= 0.6 is 31.9 Å². The van der Waals surface area contributed by atoms with Crippen LogP contribution in [-0.4, -0.2) is 30.7 Å². The van der Waals surface area contributed by atoms with Crippen molar-refractivity contribution in [1.82, 2.24) is 30.7 Å². The van der Waals surface area contributed by atoms with E-state index in [9.17, 15) is 0 Å². The zero-order valence-electron chi connectivity index (χ0n) is 23.1. The third-order valence-corrected chi connectivity index (χ3v) is 8.38. The Labute approximate surface area is 272 Å². The minimum Gasteiger partial charge on any atom is -0.457 e. The molecule has 0 radical (unpaired) electrons. The molecule has 0 aliphatic carbocycles. The Morgan fingerprint density at radius 2 is 0.756 bits per heavy atom. The molecule has 4 aromatic heterocycles. The van der Waals surface area contributed by atoms with Crippen LogP contribution in [0.2, 0.25) is 0 Å². The second-order valence-corrected chi connectivity index (χ2v) is 11.9. The van der Waals surface area contributed by atoms with Crippen LogP contribution in [0.15, 0.2) is 128 Å². The van der Waals surface area contributed by atoms with Gasteiger partial charge in [0.15, 0.2) is 0 Å². The van der Waals surface area contributed by atoms with Gasteiger partial charge in [0, 0.05) is 31.2 Å². The minimum atomic E-state index is 0.652. The molecule has 0 unspecified atom stereocenters. The summed E-state index contributed by atoms with van der Waals surface area (Å²) in [5.74, 6) is 1.35. The molecule has 0 saturated heterocycles. The summed E-state index contributed by atoms with van der Waals surface area (Å²) in [6, 6.07) is 31.0. The molecule has 4 aromatic carbocycles. The van der Waals surface area contributed by atoms with Crippen molar-refractivity contribution < 1.29 is 13.8 Å². The molecule has 4 heterocycles. The highest BCUT2D eigenvalue weighted by Gasteiger charge is 2.18. The lowest BCUT2D eigenvalue weighted by molar-refractivity contribution is 0.428. The van der Waals surface area contributed by atoms with Gasteiger partial charge in [-0.1, -0.05) is 66.4 Å². The lowest BCUT2D eigenvalue weighted by Crippen LogP contribution is -1.94. The Morgan fingerprint density at radius 1 is 0.422 bits per heavy atom. The van der Waals surface area contributed by atoms with Gasteiger partial charge in [-0.25, -0.2) is 0 Å². The van der Waals surface area contributed by atoms with Crippen LogP contribution in [0.5, 0.6) is 11.5 Å². The molecular formula is C34H18Br2N6O3. The van der Waals surface area contributed by atoms with Crippen LogP contribution in [0.4, 0.5) is 0 Å². The molecule has 216 valence electrons. The first-order valence-corrected chi connectivity index (χ1v) is 15.3. The number of fused-ring (bicyclic) bond motifs is 2. The van der Waals surface area contributed by atoms with Crippen LogP contribution in [-0.2, 0) is 0 Å². The molecule has 0 saturated carbocycles. The predicted molar refractivity (Wildman–Crippen MR) is 176 cm³/mol. The largest absolute Gasteiger partial charge is 0.457 e. The molecule has 0 fully saturated rings. The second kappa shape index (κ2) is 11.3. The van der Waals surface area contributed by atoms with Gasteiger partial charge >= 0.3 is 0 Å². The van der Waals surface area contributed by atoms with E-state index in [4.69, 9.17) is 13.8 Å².